The van der Waals surface area contributed by atoms with Crippen LogP contribution >= 0.6 is 11.6 Å². The minimum atomic E-state index is -0.336. The molecule has 3 aromatic rings. The fourth-order valence-corrected chi connectivity index (χ4v) is 2.58. The van der Waals surface area contributed by atoms with Crippen molar-refractivity contribution in [1.29, 1.82) is 0 Å². The maximum atomic E-state index is 12.0. The Morgan fingerprint density at radius 3 is 2.62 bits per heavy atom. The SMILES string of the molecule is Cc1cnn(CCC(=O)Oc2ccc(-c3ccccc3)cc2Cl)c1. The minimum Gasteiger partial charge on any atom is -0.425 e. The molecule has 0 N–H and O–H groups in total. The van der Waals surface area contributed by atoms with Crippen LogP contribution in [-0.4, -0.2) is 15.7 Å². The highest BCUT2D eigenvalue weighted by molar-refractivity contribution is 6.32. The number of carbonyl (C=O) groups excluding carboxylic acids is 1. The molecule has 0 unspecified atom stereocenters. The lowest BCUT2D eigenvalue weighted by molar-refractivity contribution is -0.134. The van der Waals surface area contributed by atoms with Crippen LogP contribution in [-0.2, 0) is 11.3 Å². The summed E-state index contributed by atoms with van der Waals surface area (Å²) in [4.78, 5) is 12.0. The number of aromatic nitrogens is 2. The molecule has 0 saturated heterocycles. The van der Waals surface area contributed by atoms with Crippen LogP contribution in [0.4, 0.5) is 0 Å². The van der Waals surface area contributed by atoms with Gasteiger partial charge >= 0.3 is 5.97 Å². The summed E-state index contributed by atoms with van der Waals surface area (Å²) in [6.07, 6.45) is 3.87. The second kappa shape index (κ2) is 7.32. The zero-order valence-electron chi connectivity index (χ0n) is 13.3. The van der Waals surface area contributed by atoms with Crippen molar-refractivity contribution in [1.82, 2.24) is 9.78 Å². The Hall–Kier alpha value is -2.59. The lowest BCUT2D eigenvalue weighted by Crippen LogP contribution is -2.12. The molecule has 122 valence electrons. The summed E-state index contributed by atoms with van der Waals surface area (Å²) >= 11 is 6.25. The van der Waals surface area contributed by atoms with E-state index in [4.69, 9.17) is 16.3 Å². The quantitative estimate of drug-likeness (QED) is 0.507. The van der Waals surface area contributed by atoms with Gasteiger partial charge in [0.15, 0.2) is 0 Å². The second-order valence-electron chi connectivity index (χ2n) is 5.52. The Morgan fingerprint density at radius 2 is 1.96 bits per heavy atom. The molecule has 0 radical (unpaired) electrons. The Bertz CT molecular complexity index is 844. The predicted molar refractivity (Wildman–Crippen MR) is 94.1 cm³/mol. The van der Waals surface area contributed by atoms with E-state index in [9.17, 15) is 4.79 Å². The molecule has 0 amide bonds. The van der Waals surface area contributed by atoms with Crippen LogP contribution in [0.1, 0.15) is 12.0 Å². The number of ether oxygens (including phenoxy) is 1. The third-order valence-electron chi connectivity index (χ3n) is 3.57. The lowest BCUT2D eigenvalue weighted by Gasteiger charge is -2.08. The largest absolute Gasteiger partial charge is 0.425 e. The molecule has 0 aliphatic rings. The number of halogens is 1. The van der Waals surface area contributed by atoms with E-state index >= 15 is 0 Å². The maximum absolute atomic E-state index is 12.0. The summed E-state index contributed by atoms with van der Waals surface area (Å²) in [7, 11) is 0. The molecular weight excluding hydrogens is 324 g/mol. The lowest BCUT2D eigenvalue weighted by atomic mass is 10.1. The van der Waals surface area contributed by atoms with E-state index in [2.05, 4.69) is 5.10 Å². The molecule has 0 spiro atoms. The zero-order chi connectivity index (χ0) is 16.9. The first-order chi connectivity index (χ1) is 11.6. The van der Waals surface area contributed by atoms with Crippen molar-refractivity contribution in [3.8, 4) is 16.9 Å². The van der Waals surface area contributed by atoms with Crippen LogP contribution in [0.15, 0.2) is 60.9 Å². The maximum Gasteiger partial charge on any atom is 0.313 e. The fraction of sp³-hybridized carbons (Fsp3) is 0.158. The molecule has 3 rings (SSSR count). The standard InChI is InChI=1S/C19H17ClN2O2/c1-14-12-21-22(13-14)10-9-19(23)24-18-8-7-16(11-17(18)20)15-5-3-2-4-6-15/h2-8,11-13H,9-10H2,1H3. The third kappa shape index (κ3) is 4.03. The first-order valence-electron chi connectivity index (χ1n) is 7.66. The number of hydrogen-bond acceptors (Lipinski definition) is 3. The molecule has 0 bridgehead atoms. The zero-order valence-corrected chi connectivity index (χ0v) is 14.0. The Balaban J connectivity index is 1.63. The summed E-state index contributed by atoms with van der Waals surface area (Å²) in [6, 6.07) is 15.3. The van der Waals surface area contributed by atoms with Gasteiger partial charge in [-0.05, 0) is 35.7 Å². The van der Waals surface area contributed by atoms with Crippen LogP contribution in [0.25, 0.3) is 11.1 Å². The normalized spacial score (nSPS) is 10.6. The Morgan fingerprint density at radius 1 is 1.17 bits per heavy atom. The summed E-state index contributed by atoms with van der Waals surface area (Å²) in [5, 5.41) is 4.56. The summed E-state index contributed by atoms with van der Waals surface area (Å²) in [5.41, 5.74) is 3.10. The summed E-state index contributed by atoms with van der Waals surface area (Å²) in [6.45, 7) is 2.43. The molecule has 1 aromatic heterocycles. The Kier molecular flexibility index (Phi) is 4.96. The van der Waals surface area contributed by atoms with Crippen molar-refractivity contribution in [2.45, 2.75) is 19.9 Å². The van der Waals surface area contributed by atoms with E-state index in [-0.39, 0.29) is 12.4 Å². The van der Waals surface area contributed by atoms with Gasteiger partial charge in [0.1, 0.15) is 5.75 Å². The number of benzene rings is 2. The van der Waals surface area contributed by atoms with Gasteiger partial charge in [0, 0.05) is 6.20 Å². The van der Waals surface area contributed by atoms with Gasteiger partial charge in [-0.25, -0.2) is 0 Å². The van der Waals surface area contributed by atoms with Crippen LogP contribution in [0.3, 0.4) is 0 Å². The topological polar surface area (TPSA) is 44.1 Å². The average molecular weight is 341 g/mol. The monoisotopic (exact) mass is 340 g/mol. The van der Waals surface area contributed by atoms with Gasteiger partial charge < -0.3 is 4.74 Å². The van der Waals surface area contributed by atoms with E-state index in [1.54, 1.807) is 23.0 Å². The molecule has 2 aromatic carbocycles. The number of nitrogens with zero attached hydrogens (tertiary/aromatic N) is 2. The summed E-state index contributed by atoms with van der Waals surface area (Å²) < 4.78 is 7.07. The van der Waals surface area contributed by atoms with Crippen LogP contribution < -0.4 is 4.74 Å². The molecule has 4 nitrogen and oxygen atoms in total. The number of esters is 1. The van der Waals surface area contributed by atoms with E-state index in [1.165, 1.54) is 0 Å². The Labute approximate surface area is 145 Å². The molecule has 0 aliphatic carbocycles. The molecule has 0 fully saturated rings. The van der Waals surface area contributed by atoms with E-state index in [0.29, 0.717) is 17.3 Å². The molecular formula is C19H17ClN2O2. The molecule has 0 saturated carbocycles. The average Bonchev–Trinajstić information content (AvgIpc) is 3.01. The first kappa shape index (κ1) is 16.3. The predicted octanol–water partition coefficient (Wildman–Crippen LogP) is 4.51. The molecule has 24 heavy (non-hydrogen) atoms. The second-order valence-corrected chi connectivity index (χ2v) is 5.92. The van der Waals surface area contributed by atoms with Gasteiger partial charge in [0.05, 0.1) is 24.2 Å². The number of carbonyl (C=O) groups is 1. The third-order valence-corrected chi connectivity index (χ3v) is 3.87. The highest BCUT2D eigenvalue weighted by Crippen LogP contribution is 2.30. The molecule has 0 aliphatic heterocycles. The molecule has 5 heteroatoms. The van der Waals surface area contributed by atoms with Gasteiger partial charge in [-0.15, -0.1) is 0 Å². The van der Waals surface area contributed by atoms with Crippen molar-refractivity contribution < 1.29 is 9.53 Å². The van der Waals surface area contributed by atoms with Crippen LogP contribution in [0, 0.1) is 6.92 Å². The van der Waals surface area contributed by atoms with Crippen LogP contribution in [0.2, 0.25) is 5.02 Å². The van der Waals surface area contributed by atoms with Gasteiger partial charge in [-0.1, -0.05) is 48.0 Å². The van der Waals surface area contributed by atoms with Gasteiger partial charge in [-0.3, -0.25) is 9.48 Å². The molecule has 0 atom stereocenters. The van der Waals surface area contributed by atoms with E-state index in [1.807, 2.05) is 49.5 Å². The van der Waals surface area contributed by atoms with Gasteiger partial charge in [-0.2, -0.15) is 5.10 Å². The summed E-state index contributed by atoms with van der Waals surface area (Å²) in [5.74, 6) is 0.0375. The van der Waals surface area contributed by atoms with Gasteiger partial charge in [0.25, 0.3) is 0 Å². The van der Waals surface area contributed by atoms with Crippen molar-refractivity contribution >= 4 is 17.6 Å². The van der Waals surface area contributed by atoms with Crippen molar-refractivity contribution in [2.75, 3.05) is 0 Å². The minimum absolute atomic E-state index is 0.234. The van der Waals surface area contributed by atoms with E-state index < -0.39 is 0 Å². The highest BCUT2D eigenvalue weighted by atomic mass is 35.5. The smallest absolute Gasteiger partial charge is 0.313 e. The highest BCUT2D eigenvalue weighted by Gasteiger charge is 2.10. The van der Waals surface area contributed by atoms with Crippen LogP contribution in [0.5, 0.6) is 5.75 Å². The fourth-order valence-electron chi connectivity index (χ4n) is 2.36. The van der Waals surface area contributed by atoms with Gasteiger partial charge in [0.2, 0.25) is 0 Å². The number of rotatable bonds is 5. The number of hydrogen-bond donors (Lipinski definition) is 0. The number of aryl methyl sites for hydroxylation is 2. The van der Waals surface area contributed by atoms with E-state index in [0.717, 1.165) is 16.7 Å². The first-order valence-corrected chi connectivity index (χ1v) is 8.04. The van der Waals surface area contributed by atoms with Crippen molar-refractivity contribution in [3.63, 3.8) is 0 Å². The molecule has 1 heterocycles. The van der Waals surface area contributed by atoms with Crippen molar-refractivity contribution in [3.05, 3.63) is 71.5 Å². The van der Waals surface area contributed by atoms with Crippen molar-refractivity contribution in [2.24, 2.45) is 0 Å².